The summed E-state index contributed by atoms with van der Waals surface area (Å²) in [5.41, 5.74) is 0.657. The Morgan fingerprint density at radius 2 is 1.59 bits per heavy atom. The highest BCUT2D eigenvalue weighted by Crippen LogP contribution is 2.49. The highest BCUT2D eigenvalue weighted by Gasteiger charge is 2.47. The Labute approximate surface area is 129 Å². The lowest BCUT2D eigenvalue weighted by Gasteiger charge is -2.48. The number of ether oxygens (including phenoxy) is 1. The number of benzene rings is 1. The highest BCUT2D eigenvalue weighted by molar-refractivity contribution is 5.95. The molecule has 118 valence electrons. The first kappa shape index (κ1) is 14.9. The topological polar surface area (TPSA) is 78.5 Å². The molecule has 2 atom stereocenters. The summed E-state index contributed by atoms with van der Waals surface area (Å²) in [4.78, 5) is 24.1. The molecule has 4 rings (SSSR count). The first-order valence-corrected chi connectivity index (χ1v) is 7.76. The smallest absolute Gasteiger partial charge is 0.228 e. The largest absolute Gasteiger partial charge is 0.550 e. The third-order valence-electron chi connectivity index (χ3n) is 5.15. The van der Waals surface area contributed by atoms with Crippen molar-refractivity contribution < 1.29 is 19.4 Å². The van der Waals surface area contributed by atoms with E-state index in [0.29, 0.717) is 11.4 Å². The van der Waals surface area contributed by atoms with Crippen molar-refractivity contribution in [3.05, 3.63) is 24.3 Å². The summed E-state index contributed by atoms with van der Waals surface area (Å²) in [6.45, 7) is 0. The fourth-order valence-corrected chi connectivity index (χ4v) is 4.07. The number of aliphatic carboxylic acids is 1. The van der Waals surface area contributed by atoms with Gasteiger partial charge in [0.1, 0.15) is 5.75 Å². The Morgan fingerprint density at radius 1 is 1.05 bits per heavy atom. The van der Waals surface area contributed by atoms with Gasteiger partial charge in [0.05, 0.1) is 7.11 Å². The second-order valence-corrected chi connectivity index (χ2v) is 6.26. The van der Waals surface area contributed by atoms with Crippen molar-refractivity contribution in [1.29, 1.82) is 0 Å². The second kappa shape index (κ2) is 5.99. The van der Waals surface area contributed by atoms with Gasteiger partial charge in [0.15, 0.2) is 0 Å². The number of rotatable bonds is 4. The van der Waals surface area contributed by atoms with Crippen LogP contribution in [0.5, 0.6) is 5.75 Å². The number of carboxylic acid groups (broad SMARTS) is 1. The van der Waals surface area contributed by atoms with Crippen molar-refractivity contribution >= 4 is 17.6 Å². The summed E-state index contributed by atoms with van der Waals surface area (Å²) in [6.07, 6.45) is 3.68. The SMILES string of the molecule is COc1ccc(NC(=O)[C@H]2C3CCC(CC3)[C@@H]2C(=O)[O-])cc1. The normalized spacial score (nSPS) is 29.9. The molecular formula is C17H20NO4-. The molecule has 3 aliphatic carbocycles. The summed E-state index contributed by atoms with van der Waals surface area (Å²) >= 11 is 0. The van der Waals surface area contributed by atoms with Crippen molar-refractivity contribution in [3.8, 4) is 5.75 Å². The third-order valence-corrected chi connectivity index (χ3v) is 5.15. The number of methoxy groups -OCH3 is 1. The van der Waals surface area contributed by atoms with E-state index in [2.05, 4.69) is 5.32 Å². The van der Waals surface area contributed by atoms with Gasteiger partial charge in [-0.2, -0.15) is 0 Å². The van der Waals surface area contributed by atoms with E-state index in [1.807, 2.05) is 0 Å². The number of fused-ring (bicyclic) bond motifs is 3. The van der Waals surface area contributed by atoms with Crippen molar-refractivity contribution in [2.45, 2.75) is 25.7 Å². The zero-order chi connectivity index (χ0) is 15.7. The molecule has 0 saturated heterocycles. The van der Waals surface area contributed by atoms with Gasteiger partial charge in [-0.15, -0.1) is 0 Å². The first-order chi connectivity index (χ1) is 10.6. The molecule has 0 aromatic heterocycles. The molecule has 1 N–H and O–H groups in total. The Balaban J connectivity index is 1.76. The van der Waals surface area contributed by atoms with Crippen LogP contribution in [0.25, 0.3) is 0 Å². The second-order valence-electron chi connectivity index (χ2n) is 6.26. The number of carbonyl (C=O) groups excluding carboxylic acids is 2. The van der Waals surface area contributed by atoms with Gasteiger partial charge in [-0.05, 0) is 61.8 Å². The standard InChI is InChI=1S/C17H21NO4/c1-22-13-8-6-12(7-9-13)18-16(19)14-10-2-4-11(5-3-10)15(14)17(20)21/h6-11,14-15H,2-5H2,1H3,(H,18,19)(H,20,21)/p-1/t10?,11?,14-,15-/m0/s1. The van der Waals surface area contributed by atoms with Gasteiger partial charge in [-0.3, -0.25) is 4.79 Å². The molecule has 3 aliphatic rings. The lowest BCUT2D eigenvalue weighted by atomic mass is 9.58. The summed E-state index contributed by atoms with van der Waals surface area (Å²) in [5, 5.41) is 14.3. The molecule has 1 amide bonds. The average molecular weight is 302 g/mol. The fraction of sp³-hybridized carbons (Fsp3) is 0.529. The molecule has 2 bridgehead atoms. The number of hydrogen-bond donors (Lipinski definition) is 1. The molecule has 0 spiro atoms. The molecule has 1 aromatic rings. The van der Waals surface area contributed by atoms with Crippen LogP contribution in [0.15, 0.2) is 24.3 Å². The molecular weight excluding hydrogens is 282 g/mol. The molecule has 0 radical (unpaired) electrons. The van der Waals surface area contributed by atoms with Crippen molar-refractivity contribution in [3.63, 3.8) is 0 Å². The van der Waals surface area contributed by atoms with E-state index in [-0.39, 0.29) is 17.7 Å². The predicted octanol–water partition coefficient (Wildman–Crippen LogP) is 1.44. The molecule has 5 nitrogen and oxygen atoms in total. The van der Waals surface area contributed by atoms with Crippen LogP contribution in [-0.4, -0.2) is 19.0 Å². The lowest BCUT2D eigenvalue weighted by molar-refractivity contribution is -0.318. The van der Waals surface area contributed by atoms with E-state index in [9.17, 15) is 14.7 Å². The predicted molar refractivity (Wildman–Crippen MR) is 79.1 cm³/mol. The van der Waals surface area contributed by atoms with E-state index >= 15 is 0 Å². The average Bonchev–Trinajstić information content (AvgIpc) is 2.55. The number of hydrogen-bond acceptors (Lipinski definition) is 4. The molecule has 0 aliphatic heterocycles. The maximum atomic E-state index is 12.6. The quantitative estimate of drug-likeness (QED) is 0.912. The van der Waals surface area contributed by atoms with Crippen molar-refractivity contribution in [2.24, 2.45) is 23.7 Å². The molecule has 1 aromatic carbocycles. The molecule has 0 unspecified atom stereocenters. The van der Waals surface area contributed by atoms with Crippen LogP contribution < -0.4 is 15.2 Å². The molecule has 0 heterocycles. The maximum absolute atomic E-state index is 12.6. The Bertz CT molecular complexity index is 561. The minimum atomic E-state index is -1.08. The van der Waals surface area contributed by atoms with Gasteiger partial charge in [0.2, 0.25) is 5.91 Å². The molecule has 5 heteroatoms. The fourth-order valence-electron chi connectivity index (χ4n) is 4.07. The van der Waals surface area contributed by atoms with Crippen LogP contribution in [0.4, 0.5) is 5.69 Å². The van der Waals surface area contributed by atoms with E-state index in [1.54, 1.807) is 31.4 Å². The summed E-state index contributed by atoms with van der Waals surface area (Å²) < 4.78 is 5.08. The van der Waals surface area contributed by atoms with Gasteiger partial charge in [0, 0.05) is 23.5 Å². The Morgan fingerprint density at radius 3 is 2.09 bits per heavy atom. The van der Waals surface area contributed by atoms with E-state index in [4.69, 9.17) is 4.74 Å². The molecule has 3 saturated carbocycles. The van der Waals surface area contributed by atoms with Crippen molar-refractivity contribution in [2.75, 3.05) is 12.4 Å². The van der Waals surface area contributed by atoms with Crippen molar-refractivity contribution in [1.82, 2.24) is 0 Å². The molecule has 22 heavy (non-hydrogen) atoms. The van der Waals surface area contributed by atoms with Gasteiger partial charge in [0.25, 0.3) is 0 Å². The van der Waals surface area contributed by atoms with Gasteiger partial charge >= 0.3 is 0 Å². The van der Waals surface area contributed by atoms with Crippen LogP contribution in [0.3, 0.4) is 0 Å². The number of anilines is 1. The van der Waals surface area contributed by atoms with Gasteiger partial charge in [-0.25, -0.2) is 0 Å². The summed E-state index contributed by atoms with van der Waals surface area (Å²) in [7, 11) is 1.58. The minimum absolute atomic E-state index is 0.0848. The number of nitrogens with one attached hydrogen (secondary N) is 1. The molecule has 3 fully saturated rings. The number of carbonyl (C=O) groups is 2. The highest BCUT2D eigenvalue weighted by atomic mass is 16.5. The number of carboxylic acids is 1. The number of amides is 1. The van der Waals surface area contributed by atoms with Crippen LogP contribution in [0.1, 0.15) is 25.7 Å². The van der Waals surface area contributed by atoms with E-state index in [0.717, 1.165) is 25.7 Å². The summed E-state index contributed by atoms with van der Waals surface area (Å²) in [5.74, 6) is -1.45. The zero-order valence-corrected chi connectivity index (χ0v) is 12.6. The summed E-state index contributed by atoms with van der Waals surface area (Å²) in [6, 6.07) is 7.04. The van der Waals surface area contributed by atoms with Gasteiger partial charge < -0.3 is 20.0 Å². The Hall–Kier alpha value is -2.04. The van der Waals surface area contributed by atoms with Gasteiger partial charge in [-0.1, -0.05) is 0 Å². The maximum Gasteiger partial charge on any atom is 0.228 e. The minimum Gasteiger partial charge on any atom is -0.550 e. The monoisotopic (exact) mass is 302 g/mol. The lowest BCUT2D eigenvalue weighted by Crippen LogP contribution is -2.52. The first-order valence-electron chi connectivity index (χ1n) is 7.76. The Kier molecular flexibility index (Phi) is 4.05. The van der Waals surface area contributed by atoms with E-state index in [1.165, 1.54) is 0 Å². The van der Waals surface area contributed by atoms with Crippen LogP contribution in [0, 0.1) is 23.7 Å². The third kappa shape index (κ3) is 2.67. The zero-order valence-electron chi connectivity index (χ0n) is 12.6. The van der Waals surface area contributed by atoms with Crippen LogP contribution >= 0.6 is 0 Å². The van der Waals surface area contributed by atoms with E-state index < -0.39 is 17.8 Å². The van der Waals surface area contributed by atoms with Crippen LogP contribution in [-0.2, 0) is 9.59 Å². The van der Waals surface area contributed by atoms with Crippen LogP contribution in [0.2, 0.25) is 0 Å².